The topological polar surface area (TPSA) is 580 Å². The molecule has 0 aromatic heterocycles. The molecule has 0 saturated carbocycles. The van der Waals surface area contributed by atoms with Gasteiger partial charge in [-0.2, -0.15) is 0 Å². The first kappa shape index (κ1) is 70.2. The summed E-state index contributed by atoms with van der Waals surface area (Å²) in [7, 11) is 1.09. The van der Waals surface area contributed by atoms with Gasteiger partial charge in [0.25, 0.3) is 0 Å². The number of hydrogen-bond donors (Lipinski definition) is 21. The molecule has 21 N–H and O–H groups in total. The van der Waals surface area contributed by atoms with Crippen molar-refractivity contribution in [1.82, 2.24) is 0 Å². The van der Waals surface area contributed by atoms with Gasteiger partial charge in [-0.05, 0) is 12.1 Å². The lowest BCUT2D eigenvalue weighted by atomic mass is 9.95. The number of benzene rings is 1. The molecule has 7 aliphatic rings. The highest BCUT2D eigenvalue weighted by Crippen LogP contribution is 2.38. The van der Waals surface area contributed by atoms with Crippen molar-refractivity contribution in [3.63, 3.8) is 0 Å². The predicted molar refractivity (Wildman–Crippen MR) is 266 cm³/mol. The Morgan fingerprint density at radius 1 is 0.333 bits per heavy atom. The standard InChI is InChI=1S/C50H78O37/c1-73-44-34(68)38(25(59)18(10-54)76-44)85-48-37(71)41(28(62)21(82-48)13-75-50-42(31(65)24(58)17(9-53)80-50)83-43(72)14-5-3-2-4-6-14)87-47-35(69)39(26(60)19(11-55)79-47)86-49-36(70)40(84-46-33(67)30(64)23(57)16(8-52)78-46)27(61)20(81-49)12-74-45-32(66)29(63)22(56)15(7-51)77-45/h2-6,15-42,44-71H,7-13H2,1H3/t15?,16?,17?,18?,19?,20?,21?,22?,23?,24?,25?,26?,27-,28-,29?,30?,31?,32?,33?,34?,35?,36?,37?,38?,39?,40?,41?,42?,44?,45?,46?,47?,48?,49?,50?/m0/s1. The van der Waals surface area contributed by atoms with Gasteiger partial charge >= 0.3 is 5.97 Å². The minimum Gasteiger partial charge on any atom is -0.450 e. The van der Waals surface area contributed by atoms with Crippen molar-refractivity contribution < 1.29 is 183 Å². The van der Waals surface area contributed by atoms with Crippen molar-refractivity contribution in [2.75, 3.05) is 53.4 Å². The van der Waals surface area contributed by atoms with Gasteiger partial charge in [0.1, 0.15) is 165 Å². The van der Waals surface area contributed by atoms with Crippen LogP contribution in [0.1, 0.15) is 10.4 Å². The first-order valence-corrected chi connectivity index (χ1v) is 27.6. The maximum absolute atomic E-state index is 13.2. The van der Waals surface area contributed by atoms with Gasteiger partial charge < -0.3 is 178 Å². The minimum atomic E-state index is -2.42. The first-order chi connectivity index (χ1) is 41.4. The van der Waals surface area contributed by atoms with Gasteiger partial charge in [0.2, 0.25) is 0 Å². The zero-order chi connectivity index (χ0) is 63.5. The van der Waals surface area contributed by atoms with E-state index < -0.39 is 267 Å². The fourth-order valence-corrected chi connectivity index (χ4v) is 10.8. The maximum atomic E-state index is 13.2. The molecule has 0 radical (unpaired) electrons. The van der Waals surface area contributed by atoms with Crippen LogP contribution in [0.4, 0.5) is 0 Å². The smallest absolute Gasteiger partial charge is 0.338 e. The molecule has 0 aliphatic carbocycles. The van der Waals surface area contributed by atoms with Crippen LogP contribution in [0, 0.1) is 0 Å². The molecule has 87 heavy (non-hydrogen) atoms. The average molecular weight is 1270 g/mol. The van der Waals surface area contributed by atoms with E-state index in [2.05, 4.69) is 0 Å². The Morgan fingerprint density at radius 2 is 0.632 bits per heavy atom. The van der Waals surface area contributed by atoms with Crippen molar-refractivity contribution >= 4 is 5.97 Å². The van der Waals surface area contributed by atoms with Crippen LogP contribution in [0.2, 0.25) is 0 Å². The summed E-state index contributed by atoms with van der Waals surface area (Å²) in [6.45, 7) is -6.71. The normalized spacial score (nSPS) is 49.1. The molecule has 33 unspecified atom stereocenters. The number of ether oxygens (including phenoxy) is 15. The van der Waals surface area contributed by atoms with E-state index in [0.29, 0.717) is 0 Å². The third-order valence-electron chi connectivity index (χ3n) is 15.9. The monoisotopic (exact) mass is 1270 g/mol. The number of methoxy groups -OCH3 is 1. The van der Waals surface area contributed by atoms with E-state index in [1.807, 2.05) is 0 Å². The highest BCUT2D eigenvalue weighted by molar-refractivity contribution is 5.89. The van der Waals surface area contributed by atoms with Crippen molar-refractivity contribution in [2.24, 2.45) is 0 Å². The predicted octanol–water partition coefficient (Wildman–Crippen LogP) is -13.8. The lowest BCUT2D eigenvalue weighted by Gasteiger charge is -2.50. The number of aliphatic hydroxyl groups excluding tert-OH is 21. The van der Waals surface area contributed by atoms with Crippen molar-refractivity contribution in [1.29, 1.82) is 0 Å². The Bertz CT molecular complexity index is 2230. The largest absolute Gasteiger partial charge is 0.450 e. The van der Waals surface area contributed by atoms with Gasteiger partial charge in [-0.15, -0.1) is 0 Å². The summed E-state index contributed by atoms with van der Waals surface area (Å²) in [4.78, 5) is 13.2. The van der Waals surface area contributed by atoms with Crippen LogP contribution in [0.25, 0.3) is 0 Å². The molecule has 8 rings (SSSR count). The molecule has 35 atom stereocenters. The summed E-state index contributed by atoms with van der Waals surface area (Å²) < 4.78 is 85.1. The van der Waals surface area contributed by atoms with Gasteiger partial charge in [0.15, 0.2) is 50.1 Å². The third kappa shape index (κ3) is 15.0. The second-order valence-electron chi connectivity index (χ2n) is 21.6. The quantitative estimate of drug-likeness (QED) is 0.0479. The number of aliphatic hydroxyl groups is 21. The molecule has 0 spiro atoms. The van der Waals surface area contributed by atoms with E-state index >= 15 is 0 Å². The van der Waals surface area contributed by atoms with E-state index in [9.17, 15) is 112 Å². The summed E-state index contributed by atoms with van der Waals surface area (Å²) in [5, 5.41) is 229. The van der Waals surface area contributed by atoms with E-state index in [1.165, 1.54) is 24.3 Å². The summed E-state index contributed by atoms with van der Waals surface area (Å²) in [5.41, 5.74) is -0.0233. The van der Waals surface area contributed by atoms with Crippen LogP contribution in [-0.2, 0) is 71.1 Å². The molecule has 0 amide bonds. The molecule has 7 fully saturated rings. The van der Waals surface area contributed by atoms with Crippen molar-refractivity contribution in [3.8, 4) is 0 Å². The molecule has 37 nitrogen and oxygen atoms in total. The first-order valence-electron chi connectivity index (χ1n) is 27.6. The summed E-state index contributed by atoms with van der Waals surface area (Å²) in [6.07, 6.45) is -69.7. The van der Waals surface area contributed by atoms with E-state index in [0.717, 1.165) is 7.11 Å². The Morgan fingerprint density at radius 3 is 1.03 bits per heavy atom. The van der Waals surface area contributed by atoms with E-state index in [-0.39, 0.29) is 5.56 Å². The summed E-state index contributed by atoms with van der Waals surface area (Å²) in [5.74, 6) is -1.04. The molecule has 7 aliphatic heterocycles. The second kappa shape index (κ2) is 30.8. The molecule has 500 valence electrons. The molecule has 0 bridgehead atoms. The van der Waals surface area contributed by atoms with Crippen LogP contribution in [0.3, 0.4) is 0 Å². The van der Waals surface area contributed by atoms with Crippen LogP contribution in [-0.4, -0.2) is 382 Å². The second-order valence-corrected chi connectivity index (χ2v) is 21.6. The lowest BCUT2D eigenvalue weighted by Crippen LogP contribution is -2.68. The van der Waals surface area contributed by atoms with Crippen LogP contribution >= 0.6 is 0 Å². The van der Waals surface area contributed by atoms with E-state index in [1.54, 1.807) is 6.07 Å². The number of esters is 1. The van der Waals surface area contributed by atoms with Crippen LogP contribution < -0.4 is 0 Å². The molecular weight excluding hydrogens is 1190 g/mol. The molecular formula is C50H78O37. The lowest BCUT2D eigenvalue weighted by molar-refractivity contribution is -0.398. The maximum Gasteiger partial charge on any atom is 0.338 e. The Balaban J connectivity index is 1.07. The number of hydrogen-bond acceptors (Lipinski definition) is 37. The highest BCUT2D eigenvalue weighted by atomic mass is 16.8. The zero-order valence-corrected chi connectivity index (χ0v) is 46.0. The Hall–Kier alpha value is -2.71. The van der Waals surface area contributed by atoms with E-state index in [4.69, 9.17) is 71.1 Å². The van der Waals surface area contributed by atoms with Crippen LogP contribution in [0.15, 0.2) is 30.3 Å². The molecule has 1 aromatic carbocycles. The number of rotatable bonds is 22. The van der Waals surface area contributed by atoms with Gasteiger partial charge in [0, 0.05) is 7.11 Å². The van der Waals surface area contributed by atoms with Crippen molar-refractivity contribution in [3.05, 3.63) is 35.9 Å². The SMILES string of the molecule is COC1OC(CO)C(O)C(OC2OC(COC3OC(CO)C(O)C(O)C3OC(=O)c3ccccc3)[C@H](O)C(OC3OC(CO)C(O)C(OC4OC(COC5OC(CO)C(O)C(O)C5O)[C@H](O)C(OC5OC(CO)C(O)C(O)C5O)C4O)C3O)C2O)C1O. The number of carbonyl (C=O) groups is 1. The van der Waals surface area contributed by atoms with Crippen molar-refractivity contribution in [2.45, 2.75) is 215 Å². The van der Waals surface area contributed by atoms with Gasteiger partial charge in [0.05, 0.1) is 51.8 Å². The average Bonchev–Trinajstić information content (AvgIpc) is 1.34. The third-order valence-corrected chi connectivity index (χ3v) is 15.9. The van der Waals surface area contributed by atoms with Gasteiger partial charge in [-0.1, -0.05) is 18.2 Å². The molecule has 7 heterocycles. The van der Waals surface area contributed by atoms with Crippen LogP contribution in [0.5, 0.6) is 0 Å². The summed E-state index contributed by atoms with van der Waals surface area (Å²) >= 11 is 0. The summed E-state index contributed by atoms with van der Waals surface area (Å²) in [6, 6.07) is 7.30. The minimum absolute atomic E-state index is 0.0233. The molecule has 7 saturated heterocycles. The van der Waals surface area contributed by atoms with Gasteiger partial charge in [-0.25, -0.2) is 4.79 Å². The number of carbonyl (C=O) groups excluding carboxylic acids is 1. The molecule has 37 heteroatoms. The molecule has 1 aromatic rings. The fraction of sp³-hybridized carbons (Fsp3) is 0.860. The fourth-order valence-electron chi connectivity index (χ4n) is 10.8. The van der Waals surface area contributed by atoms with Gasteiger partial charge in [-0.3, -0.25) is 0 Å². The Kier molecular flexibility index (Phi) is 24.9. The zero-order valence-electron chi connectivity index (χ0n) is 46.0. The highest BCUT2D eigenvalue weighted by Gasteiger charge is 2.58. The Labute approximate surface area is 492 Å².